The molecular formula is C23H30N4O3. The molecule has 0 aliphatic carbocycles. The lowest BCUT2D eigenvalue weighted by Crippen LogP contribution is -2.33. The van der Waals surface area contributed by atoms with Crippen molar-refractivity contribution in [3.05, 3.63) is 48.2 Å². The average molecular weight is 411 g/mol. The molecule has 0 saturated heterocycles. The molecule has 3 rings (SSSR count). The van der Waals surface area contributed by atoms with Gasteiger partial charge in [0, 0.05) is 31.1 Å². The van der Waals surface area contributed by atoms with Crippen molar-refractivity contribution in [2.45, 2.75) is 39.7 Å². The van der Waals surface area contributed by atoms with Gasteiger partial charge in [0.25, 0.3) is 0 Å². The third kappa shape index (κ3) is 5.57. The summed E-state index contributed by atoms with van der Waals surface area (Å²) in [6.07, 6.45) is 2.85. The van der Waals surface area contributed by atoms with Crippen LogP contribution >= 0.6 is 0 Å². The number of ether oxygens (including phenoxy) is 1. The van der Waals surface area contributed by atoms with E-state index in [1.54, 1.807) is 17.2 Å². The molecule has 7 heteroatoms. The number of hydrogen-bond acceptors (Lipinski definition) is 5. The van der Waals surface area contributed by atoms with Crippen molar-refractivity contribution in [1.82, 2.24) is 15.2 Å². The van der Waals surface area contributed by atoms with Crippen LogP contribution in [0.3, 0.4) is 0 Å². The highest BCUT2D eigenvalue weighted by Crippen LogP contribution is 2.37. The molecule has 2 heterocycles. The quantitative estimate of drug-likeness (QED) is 0.642. The van der Waals surface area contributed by atoms with Crippen molar-refractivity contribution in [3.8, 4) is 11.6 Å². The molecule has 0 saturated carbocycles. The normalized spacial score (nSPS) is 12.6. The standard InChI is InChI=1S/C23H30N4O3/c1-3-26(4-2)16-8-15-24-21(28)12-13-22(29)27-17-18-9-5-6-11-20(18)30-23-19(27)10-7-14-25-23/h5-7,9-11,14H,3-4,8,12-13,15-17H2,1-2H3,(H,24,28). The van der Waals surface area contributed by atoms with E-state index in [-0.39, 0.29) is 24.7 Å². The van der Waals surface area contributed by atoms with Crippen molar-refractivity contribution < 1.29 is 14.3 Å². The summed E-state index contributed by atoms with van der Waals surface area (Å²) in [6, 6.07) is 11.2. The summed E-state index contributed by atoms with van der Waals surface area (Å²) in [7, 11) is 0. The van der Waals surface area contributed by atoms with Gasteiger partial charge in [0.1, 0.15) is 11.4 Å². The van der Waals surface area contributed by atoms with E-state index in [2.05, 4.69) is 29.0 Å². The summed E-state index contributed by atoms with van der Waals surface area (Å²) in [4.78, 5) is 33.4. The van der Waals surface area contributed by atoms with Crippen LogP contribution in [0.5, 0.6) is 11.6 Å². The molecule has 0 unspecified atom stereocenters. The molecule has 0 spiro atoms. The van der Waals surface area contributed by atoms with E-state index in [1.807, 2.05) is 30.3 Å². The van der Waals surface area contributed by atoms with Crippen molar-refractivity contribution in [3.63, 3.8) is 0 Å². The Balaban J connectivity index is 1.56. The molecule has 0 radical (unpaired) electrons. The number of nitrogens with one attached hydrogen (secondary N) is 1. The second-order valence-corrected chi connectivity index (χ2v) is 7.25. The first-order valence-corrected chi connectivity index (χ1v) is 10.6. The fraction of sp³-hybridized carbons (Fsp3) is 0.435. The number of nitrogens with zero attached hydrogens (tertiary/aromatic N) is 3. The molecule has 1 N–H and O–H groups in total. The highest BCUT2D eigenvalue weighted by molar-refractivity contribution is 5.96. The number of pyridine rings is 1. The number of aromatic nitrogens is 1. The maximum atomic E-state index is 13.0. The fourth-order valence-corrected chi connectivity index (χ4v) is 3.50. The second kappa shape index (κ2) is 10.7. The number of carbonyl (C=O) groups excluding carboxylic acids is 2. The maximum absolute atomic E-state index is 13.0. The fourth-order valence-electron chi connectivity index (χ4n) is 3.50. The Morgan fingerprint density at radius 2 is 1.93 bits per heavy atom. The van der Waals surface area contributed by atoms with Gasteiger partial charge >= 0.3 is 0 Å². The molecular weight excluding hydrogens is 380 g/mol. The van der Waals surface area contributed by atoms with Gasteiger partial charge in [0.05, 0.1) is 6.54 Å². The number of rotatable bonds is 9. The van der Waals surface area contributed by atoms with Gasteiger partial charge in [-0.05, 0) is 44.3 Å². The van der Waals surface area contributed by atoms with Gasteiger partial charge in [-0.25, -0.2) is 4.98 Å². The number of anilines is 1. The molecule has 0 atom stereocenters. The number of hydrogen-bond donors (Lipinski definition) is 1. The van der Waals surface area contributed by atoms with E-state index >= 15 is 0 Å². The highest BCUT2D eigenvalue weighted by atomic mass is 16.5. The molecule has 1 aliphatic rings. The molecule has 1 aliphatic heterocycles. The lowest BCUT2D eigenvalue weighted by molar-refractivity contribution is -0.125. The molecule has 1 aromatic heterocycles. The number of amides is 2. The van der Waals surface area contributed by atoms with E-state index in [0.29, 0.717) is 30.4 Å². The van der Waals surface area contributed by atoms with Crippen LogP contribution in [0, 0.1) is 0 Å². The summed E-state index contributed by atoms with van der Waals surface area (Å²) >= 11 is 0. The Bertz CT molecular complexity index is 867. The number of fused-ring (bicyclic) bond motifs is 2. The first-order valence-electron chi connectivity index (χ1n) is 10.6. The SMILES string of the molecule is CCN(CC)CCCNC(=O)CCC(=O)N1Cc2ccccc2Oc2ncccc21. The van der Waals surface area contributed by atoms with Crippen LogP contribution < -0.4 is 15.0 Å². The smallest absolute Gasteiger partial charge is 0.243 e. The lowest BCUT2D eigenvalue weighted by atomic mass is 10.1. The minimum absolute atomic E-state index is 0.0965. The van der Waals surface area contributed by atoms with Crippen LogP contribution in [0.2, 0.25) is 0 Å². The minimum atomic E-state index is -0.122. The van der Waals surface area contributed by atoms with Gasteiger partial charge < -0.3 is 19.9 Å². The number of benzene rings is 1. The third-order valence-corrected chi connectivity index (χ3v) is 5.28. The van der Waals surface area contributed by atoms with E-state index in [0.717, 1.165) is 31.6 Å². The van der Waals surface area contributed by atoms with E-state index in [1.165, 1.54) is 0 Å². The zero-order valence-electron chi connectivity index (χ0n) is 17.8. The van der Waals surface area contributed by atoms with E-state index < -0.39 is 0 Å². The number of para-hydroxylation sites is 1. The number of carbonyl (C=O) groups is 2. The van der Waals surface area contributed by atoms with Crippen LogP contribution in [0.4, 0.5) is 5.69 Å². The van der Waals surface area contributed by atoms with E-state index in [4.69, 9.17) is 4.74 Å². The molecule has 0 fully saturated rings. The Labute approximate surface area is 178 Å². The summed E-state index contributed by atoms with van der Waals surface area (Å²) < 4.78 is 5.92. The van der Waals surface area contributed by atoms with Crippen LogP contribution in [0.1, 0.15) is 38.7 Å². The molecule has 160 valence electrons. The van der Waals surface area contributed by atoms with Crippen molar-refractivity contribution in [2.75, 3.05) is 31.1 Å². The van der Waals surface area contributed by atoms with Crippen molar-refractivity contribution >= 4 is 17.5 Å². The summed E-state index contributed by atoms with van der Waals surface area (Å²) in [6.45, 7) is 8.26. The molecule has 1 aromatic carbocycles. The predicted octanol–water partition coefficient (Wildman–Crippen LogP) is 3.35. The minimum Gasteiger partial charge on any atom is -0.437 e. The summed E-state index contributed by atoms with van der Waals surface area (Å²) in [5.41, 5.74) is 1.53. The molecule has 0 bridgehead atoms. The van der Waals surface area contributed by atoms with Gasteiger partial charge in [-0.3, -0.25) is 9.59 Å². The Morgan fingerprint density at radius 1 is 1.13 bits per heavy atom. The van der Waals surface area contributed by atoms with Crippen molar-refractivity contribution in [1.29, 1.82) is 0 Å². The Morgan fingerprint density at radius 3 is 2.73 bits per heavy atom. The maximum Gasteiger partial charge on any atom is 0.243 e. The third-order valence-electron chi connectivity index (χ3n) is 5.28. The summed E-state index contributed by atoms with van der Waals surface area (Å²) in [5, 5.41) is 2.92. The van der Waals surface area contributed by atoms with Gasteiger partial charge in [-0.1, -0.05) is 32.0 Å². The van der Waals surface area contributed by atoms with Gasteiger partial charge in [-0.2, -0.15) is 0 Å². The first kappa shape index (κ1) is 21.8. The van der Waals surface area contributed by atoms with Gasteiger partial charge in [0.2, 0.25) is 17.7 Å². The second-order valence-electron chi connectivity index (χ2n) is 7.25. The zero-order chi connectivity index (χ0) is 21.3. The van der Waals surface area contributed by atoms with Crippen molar-refractivity contribution in [2.24, 2.45) is 0 Å². The van der Waals surface area contributed by atoms with Crippen LogP contribution in [0.25, 0.3) is 0 Å². The van der Waals surface area contributed by atoms with Crippen LogP contribution in [-0.4, -0.2) is 47.9 Å². The lowest BCUT2D eigenvalue weighted by Gasteiger charge is -2.21. The monoisotopic (exact) mass is 410 g/mol. The van der Waals surface area contributed by atoms with Crippen LogP contribution in [0.15, 0.2) is 42.6 Å². The van der Waals surface area contributed by atoms with Gasteiger partial charge in [0.15, 0.2) is 0 Å². The Hall–Kier alpha value is -2.93. The predicted molar refractivity (Wildman–Crippen MR) is 117 cm³/mol. The molecule has 2 amide bonds. The largest absolute Gasteiger partial charge is 0.437 e. The topological polar surface area (TPSA) is 74.8 Å². The Kier molecular flexibility index (Phi) is 7.79. The zero-order valence-corrected chi connectivity index (χ0v) is 17.8. The summed E-state index contributed by atoms with van der Waals surface area (Å²) in [5.74, 6) is 0.874. The molecule has 7 nitrogen and oxygen atoms in total. The average Bonchev–Trinajstić information content (AvgIpc) is 2.94. The van der Waals surface area contributed by atoms with Gasteiger partial charge in [-0.15, -0.1) is 0 Å². The highest BCUT2D eigenvalue weighted by Gasteiger charge is 2.26. The molecule has 30 heavy (non-hydrogen) atoms. The molecule has 2 aromatic rings. The van der Waals surface area contributed by atoms with E-state index in [9.17, 15) is 9.59 Å². The van der Waals surface area contributed by atoms with Crippen LogP contribution in [-0.2, 0) is 16.1 Å². The first-order chi connectivity index (χ1) is 14.6.